The molecule has 0 saturated carbocycles. The van der Waals surface area contributed by atoms with Crippen LogP contribution in [-0.2, 0) is 19.4 Å². The normalized spacial score (nSPS) is 11.6. The number of hydrogen-bond acceptors (Lipinski definition) is 5. The summed E-state index contributed by atoms with van der Waals surface area (Å²) in [7, 11) is 0. The highest BCUT2D eigenvalue weighted by Crippen LogP contribution is 2.22. The van der Waals surface area contributed by atoms with Crippen molar-refractivity contribution in [2.45, 2.75) is 53.0 Å². The summed E-state index contributed by atoms with van der Waals surface area (Å²) in [6.45, 7) is 7.31. The molecule has 4 rings (SSSR count). The Hall–Kier alpha value is -3.61. The molecule has 0 amide bonds. The van der Waals surface area contributed by atoms with E-state index in [0.717, 1.165) is 42.9 Å². The third-order valence-electron chi connectivity index (χ3n) is 5.56. The quantitative estimate of drug-likeness (QED) is 0.370. The molecule has 0 fully saturated rings. The van der Waals surface area contributed by atoms with Gasteiger partial charge in [0.15, 0.2) is 17.5 Å². The predicted octanol–water partition coefficient (Wildman–Crippen LogP) is 5.11. The van der Waals surface area contributed by atoms with Crippen molar-refractivity contribution in [3.63, 3.8) is 0 Å². The Kier molecular flexibility index (Phi) is 7.40. The Morgan fingerprint density at radius 3 is 2.55 bits per heavy atom. The summed E-state index contributed by atoms with van der Waals surface area (Å²) in [5, 5.41) is 19.1. The van der Waals surface area contributed by atoms with E-state index in [4.69, 9.17) is 10.1 Å². The summed E-state index contributed by atoms with van der Waals surface area (Å²) >= 11 is 0. The minimum absolute atomic E-state index is 0.643. The van der Waals surface area contributed by atoms with Crippen LogP contribution in [0.1, 0.15) is 62.0 Å². The van der Waals surface area contributed by atoms with Gasteiger partial charge in [-0.05, 0) is 58.4 Å². The van der Waals surface area contributed by atoms with Crippen molar-refractivity contribution < 1.29 is 0 Å². The monoisotopic (exact) mass is 441 g/mol. The molecule has 0 aliphatic heterocycles. The number of benzene rings is 2. The second-order valence-electron chi connectivity index (χ2n) is 8.69. The maximum atomic E-state index is 4.79. The van der Waals surface area contributed by atoms with Crippen molar-refractivity contribution in [1.29, 1.82) is 0 Å². The molecule has 0 atom stereocenters. The van der Waals surface area contributed by atoms with E-state index in [1.54, 1.807) is 0 Å². The predicted molar refractivity (Wildman–Crippen MR) is 130 cm³/mol. The first-order valence-corrected chi connectivity index (χ1v) is 11.6. The van der Waals surface area contributed by atoms with Gasteiger partial charge in [-0.2, -0.15) is 5.10 Å². The van der Waals surface area contributed by atoms with Crippen LogP contribution in [-0.4, -0.2) is 35.4 Å². The van der Waals surface area contributed by atoms with Gasteiger partial charge in [0, 0.05) is 12.0 Å². The number of nitrogens with one attached hydrogen (secondary N) is 1. The van der Waals surface area contributed by atoms with E-state index in [0.29, 0.717) is 18.3 Å². The van der Waals surface area contributed by atoms with Crippen LogP contribution < -0.4 is 0 Å². The standard InChI is InChI=1S/C26H31N7/c1-4-5-10-25-27-24(16-11-19(2)3)30-33(25)18-21-14-12-20(13-15-21)17-22-8-6-7-9-23(22)26-28-31-32-29-26/h5-10,12-15,19H,4,11,16-18H2,1-3H3,(H,28,29,31,32)/b10-5+. The van der Waals surface area contributed by atoms with Gasteiger partial charge in [-0.15, -0.1) is 5.10 Å². The Morgan fingerprint density at radius 1 is 1.03 bits per heavy atom. The minimum atomic E-state index is 0.643. The zero-order valence-corrected chi connectivity index (χ0v) is 19.6. The smallest absolute Gasteiger partial charge is 0.179 e. The molecule has 7 heteroatoms. The Bertz CT molecular complexity index is 1170. The molecule has 2 aromatic heterocycles. The third-order valence-corrected chi connectivity index (χ3v) is 5.56. The van der Waals surface area contributed by atoms with Gasteiger partial charge in [-0.1, -0.05) is 75.4 Å². The topological polar surface area (TPSA) is 85.2 Å². The number of H-pyrrole nitrogens is 1. The Balaban J connectivity index is 1.49. The second-order valence-corrected chi connectivity index (χ2v) is 8.69. The number of nitrogens with zero attached hydrogens (tertiary/aromatic N) is 6. The van der Waals surface area contributed by atoms with Gasteiger partial charge in [-0.25, -0.2) is 14.8 Å². The second kappa shape index (κ2) is 10.8. The molecule has 2 aromatic carbocycles. The summed E-state index contributed by atoms with van der Waals surface area (Å²) < 4.78 is 2.02. The fraction of sp³-hybridized carbons (Fsp3) is 0.346. The van der Waals surface area contributed by atoms with Gasteiger partial charge in [-0.3, -0.25) is 0 Å². The molecule has 4 aromatic rings. The van der Waals surface area contributed by atoms with Gasteiger partial charge in [0.2, 0.25) is 0 Å². The van der Waals surface area contributed by atoms with Crippen molar-refractivity contribution in [3.8, 4) is 11.4 Å². The number of allylic oxidation sites excluding steroid dienone is 1. The lowest BCUT2D eigenvalue weighted by molar-refractivity contribution is 0.569. The molecule has 33 heavy (non-hydrogen) atoms. The molecule has 0 unspecified atom stereocenters. The molecular formula is C26H31N7. The van der Waals surface area contributed by atoms with Gasteiger partial charge >= 0.3 is 0 Å². The SMILES string of the molecule is CC/C=C/c1nc(CCC(C)C)nn1Cc1ccc(Cc2ccccc2-c2nnn[nH]2)cc1. The fourth-order valence-corrected chi connectivity index (χ4v) is 3.72. The summed E-state index contributed by atoms with van der Waals surface area (Å²) in [6, 6.07) is 16.9. The average molecular weight is 442 g/mol. The Labute approximate surface area is 195 Å². The van der Waals surface area contributed by atoms with E-state index in [2.05, 4.69) is 83.9 Å². The molecular weight excluding hydrogens is 410 g/mol. The van der Waals surface area contributed by atoms with Crippen LogP contribution >= 0.6 is 0 Å². The van der Waals surface area contributed by atoms with Crippen molar-refractivity contribution >= 4 is 6.08 Å². The van der Waals surface area contributed by atoms with E-state index in [9.17, 15) is 0 Å². The molecule has 0 saturated heterocycles. The molecule has 0 aliphatic carbocycles. The number of rotatable bonds is 10. The third kappa shape index (κ3) is 6.00. The summed E-state index contributed by atoms with van der Waals surface area (Å²) in [5.41, 5.74) is 4.65. The molecule has 0 spiro atoms. The van der Waals surface area contributed by atoms with Crippen LogP contribution in [0.25, 0.3) is 17.5 Å². The van der Waals surface area contributed by atoms with Crippen LogP contribution in [0.15, 0.2) is 54.6 Å². The van der Waals surface area contributed by atoms with Crippen molar-refractivity contribution in [1.82, 2.24) is 35.4 Å². The highest BCUT2D eigenvalue weighted by molar-refractivity contribution is 5.60. The van der Waals surface area contributed by atoms with E-state index < -0.39 is 0 Å². The maximum absolute atomic E-state index is 4.79. The first kappa shape index (κ1) is 22.6. The Morgan fingerprint density at radius 2 is 1.82 bits per heavy atom. The van der Waals surface area contributed by atoms with Gasteiger partial charge in [0.1, 0.15) is 0 Å². The molecule has 1 N–H and O–H groups in total. The van der Waals surface area contributed by atoms with Gasteiger partial charge < -0.3 is 0 Å². The minimum Gasteiger partial charge on any atom is -0.242 e. The average Bonchev–Trinajstić information content (AvgIpc) is 3.48. The maximum Gasteiger partial charge on any atom is 0.179 e. The van der Waals surface area contributed by atoms with E-state index in [1.807, 2.05) is 22.9 Å². The van der Waals surface area contributed by atoms with E-state index in [-0.39, 0.29) is 0 Å². The van der Waals surface area contributed by atoms with Crippen LogP contribution in [0.5, 0.6) is 0 Å². The molecule has 0 bridgehead atoms. The van der Waals surface area contributed by atoms with Crippen LogP contribution in [0.2, 0.25) is 0 Å². The zero-order valence-electron chi connectivity index (χ0n) is 19.6. The van der Waals surface area contributed by atoms with Gasteiger partial charge in [0.05, 0.1) is 6.54 Å². The lowest BCUT2D eigenvalue weighted by atomic mass is 9.98. The molecule has 170 valence electrons. The van der Waals surface area contributed by atoms with Gasteiger partial charge in [0.25, 0.3) is 0 Å². The summed E-state index contributed by atoms with van der Waals surface area (Å²) in [6.07, 6.45) is 8.02. The van der Waals surface area contributed by atoms with Crippen molar-refractivity contribution in [3.05, 3.63) is 82.9 Å². The molecule has 2 heterocycles. The fourth-order valence-electron chi connectivity index (χ4n) is 3.72. The van der Waals surface area contributed by atoms with Crippen LogP contribution in [0.4, 0.5) is 0 Å². The van der Waals surface area contributed by atoms with Crippen molar-refractivity contribution in [2.24, 2.45) is 5.92 Å². The molecule has 7 nitrogen and oxygen atoms in total. The highest BCUT2D eigenvalue weighted by Gasteiger charge is 2.11. The van der Waals surface area contributed by atoms with E-state index >= 15 is 0 Å². The zero-order chi connectivity index (χ0) is 23.0. The van der Waals surface area contributed by atoms with E-state index in [1.165, 1.54) is 16.7 Å². The number of aromatic amines is 1. The van der Waals surface area contributed by atoms with Crippen LogP contribution in [0, 0.1) is 5.92 Å². The first-order chi connectivity index (χ1) is 16.1. The molecule has 0 aliphatic rings. The first-order valence-electron chi connectivity index (χ1n) is 11.6. The summed E-state index contributed by atoms with van der Waals surface area (Å²) in [5.74, 6) is 3.18. The highest BCUT2D eigenvalue weighted by atomic mass is 15.5. The number of aromatic nitrogens is 7. The lowest BCUT2D eigenvalue weighted by Gasteiger charge is -2.09. The number of aryl methyl sites for hydroxylation is 1. The number of hydrogen-bond donors (Lipinski definition) is 1. The summed E-state index contributed by atoms with van der Waals surface area (Å²) in [4.78, 5) is 4.77. The largest absolute Gasteiger partial charge is 0.242 e. The molecule has 0 radical (unpaired) electrons. The number of tetrazole rings is 1. The van der Waals surface area contributed by atoms with Crippen LogP contribution in [0.3, 0.4) is 0 Å². The lowest BCUT2D eigenvalue weighted by Crippen LogP contribution is -2.05. The van der Waals surface area contributed by atoms with Crippen molar-refractivity contribution in [2.75, 3.05) is 0 Å².